The lowest BCUT2D eigenvalue weighted by Gasteiger charge is -2.18. The summed E-state index contributed by atoms with van der Waals surface area (Å²) in [6.45, 7) is -0.329. The Hall–Kier alpha value is -0.810. The molecule has 0 rings (SSSR count). The van der Waals surface area contributed by atoms with Crippen LogP contribution in [0.15, 0.2) is 0 Å². The lowest BCUT2D eigenvalue weighted by Crippen LogP contribution is -2.46. The summed E-state index contributed by atoms with van der Waals surface area (Å²) in [5.74, 6) is -2.98. The molecule has 0 aromatic rings. The normalized spacial score (nSPS) is 15.7. The second kappa shape index (κ2) is 8.32. The fourth-order valence-corrected chi connectivity index (χ4v) is 3.57. The fourth-order valence-electron chi connectivity index (χ4n) is 0.817. The maximum absolute atomic E-state index is 11.4. The number of carboxylic acids is 2. The monoisotopic (exact) mass is 297 g/mol. The van der Waals surface area contributed by atoms with Crippen LogP contribution >= 0.6 is 21.6 Å². The summed E-state index contributed by atoms with van der Waals surface area (Å²) >= 11 is 0. The molecule has 0 spiro atoms. The molecule has 0 heterocycles. The van der Waals surface area contributed by atoms with Crippen LogP contribution < -0.4 is 17.2 Å². The first-order chi connectivity index (χ1) is 8.31. The summed E-state index contributed by atoms with van der Waals surface area (Å²) in [5.41, 5.74) is 15.8. The number of Topliss-reactive ketones (excluding diaryl/α,β-unsaturated/α-hetero) is 1. The van der Waals surface area contributed by atoms with Crippen molar-refractivity contribution in [1.82, 2.24) is 0 Å². The standard InChI is InChI=1S/C8H15N3O5S2/c9-1-4(12)6(5(11)8(15)16)18-17-2-3(10)7(13)14/h3,5-6H,1-2,9-11H2,(H,13,14)(H,15,16)/t3-,5-,6?/m0/s1. The molecule has 0 aromatic carbocycles. The van der Waals surface area contributed by atoms with Crippen molar-refractivity contribution >= 4 is 39.3 Å². The maximum Gasteiger partial charge on any atom is 0.322 e. The minimum atomic E-state index is -1.39. The van der Waals surface area contributed by atoms with Gasteiger partial charge in [0.2, 0.25) is 0 Å². The van der Waals surface area contributed by atoms with Gasteiger partial charge in [-0.1, -0.05) is 21.6 Å². The van der Waals surface area contributed by atoms with E-state index in [1.807, 2.05) is 0 Å². The van der Waals surface area contributed by atoms with Gasteiger partial charge in [-0.3, -0.25) is 14.4 Å². The number of hydrogen-bond donors (Lipinski definition) is 5. The van der Waals surface area contributed by atoms with E-state index in [4.69, 9.17) is 27.4 Å². The highest BCUT2D eigenvalue weighted by atomic mass is 33.1. The van der Waals surface area contributed by atoms with Crippen LogP contribution in [0.4, 0.5) is 0 Å². The first kappa shape index (κ1) is 17.2. The molecule has 10 heteroatoms. The van der Waals surface area contributed by atoms with Crippen LogP contribution in [0.1, 0.15) is 0 Å². The van der Waals surface area contributed by atoms with Gasteiger partial charge in [-0.05, 0) is 0 Å². The molecule has 1 unspecified atom stereocenters. The minimum Gasteiger partial charge on any atom is -0.480 e. The average Bonchev–Trinajstić information content (AvgIpc) is 2.32. The first-order valence-corrected chi connectivity index (χ1v) is 7.17. The Balaban J connectivity index is 4.39. The lowest BCUT2D eigenvalue weighted by molar-refractivity contribution is -0.140. The van der Waals surface area contributed by atoms with Gasteiger partial charge in [-0.15, -0.1) is 0 Å². The van der Waals surface area contributed by atoms with E-state index < -0.39 is 35.1 Å². The largest absolute Gasteiger partial charge is 0.480 e. The van der Waals surface area contributed by atoms with Crippen molar-refractivity contribution in [2.75, 3.05) is 12.3 Å². The third kappa shape index (κ3) is 5.69. The highest BCUT2D eigenvalue weighted by Crippen LogP contribution is 2.29. The summed E-state index contributed by atoms with van der Waals surface area (Å²) in [6, 6.07) is -2.48. The topological polar surface area (TPSA) is 170 Å². The Morgan fingerprint density at radius 2 is 1.67 bits per heavy atom. The molecule has 0 radical (unpaired) electrons. The molecular weight excluding hydrogens is 282 g/mol. The lowest BCUT2D eigenvalue weighted by atomic mass is 10.1. The van der Waals surface area contributed by atoms with Gasteiger partial charge in [0, 0.05) is 5.75 Å². The zero-order chi connectivity index (χ0) is 14.3. The van der Waals surface area contributed by atoms with E-state index in [0.29, 0.717) is 0 Å². The molecule has 8 N–H and O–H groups in total. The zero-order valence-electron chi connectivity index (χ0n) is 9.31. The third-order valence-corrected chi connectivity index (χ3v) is 4.70. The molecule has 104 valence electrons. The van der Waals surface area contributed by atoms with Crippen molar-refractivity contribution in [1.29, 1.82) is 0 Å². The van der Waals surface area contributed by atoms with E-state index in [2.05, 4.69) is 0 Å². The van der Waals surface area contributed by atoms with Crippen LogP contribution in [0.5, 0.6) is 0 Å². The van der Waals surface area contributed by atoms with E-state index in [1.54, 1.807) is 0 Å². The van der Waals surface area contributed by atoms with Crippen LogP contribution in [0.2, 0.25) is 0 Å². The third-order valence-electron chi connectivity index (χ3n) is 1.87. The molecule has 0 bridgehead atoms. The molecule has 0 aromatic heterocycles. The van der Waals surface area contributed by atoms with Gasteiger partial charge < -0.3 is 27.4 Å². The van der Waals surface area contributed by atoms with Crippen molar-refractivity contribution in [2.45, 2.75) is 17.3 Å². The second-order valence-electron chi connectivity index (χ2n) is 3.28. The molecule has 0 saturated carbocycles. The highest BCUT2D eigenvalue weighted by molar-refractivity contribution is 8.77. The van der Waals surface area contributed by atoms with E-state index in [9.17, 15) is 14.4 Å². The Kier molecular flexibility index (Phi) is 7.95. The minimum absolute atomic E-state index is 0.0285. The van der Waals surface area contributed by atoms with Crippen LogP contribution in [0.3, 0.4) is 0 Å². The predicted octanol–water partition coefficient (Wildman–Crippen LogP) is -1.91. The first-order valence-electron chi connectivity index (χ1n) is 4.79. The smallest absolute Gasteiger partial charge is 0.322 e. The number of carboxylic acid groups (broad SMARTS) is 2. The van der Waals surface area contributed by atoms with Gasteiger partial charge in [0.05, 0.1) is 6.54 Å². The van der Waals surface area contributed by atoms with E-state index in [0.717, 1.165) is 21.6 Å². The summed E-state index contributed by atoms with van der Waals surface area (Å²) in [4.78, 5) is 32.6. The molecule has 18 heavy (non-hydrogen) atoms. The molecule has 0 aliphatic rings. The van der Waals surface area contributed by atoms with E-state index >= 15 is 0 Å². The van der Waals surface area contributed by atoms with Crippen molar-refractivity contribution in [3.05, 3.63) is 0 Å². The fraction of sp³-hybridized carbons (Fsp3) is 0.625. The maximum atomic E-state index is 11.4. The van der Waals surface area contributed by atoms with Crippen molar-refractivity contribution in [3.63, 3.8) is 0 Å². The van der Waals surface area contributed by atoms with Crippen LogP contribution in [-0.4, -0.2) is 57.6 Å². The van der Waals surface area contributed by atoms with Crippen molar-refractivity contribution in [3.8, 4) is 0 Å². The predicted molar refractivity (Wildman–Crippen MR) is 69.1 cm³/mol. The van der Waals surface area contributed by atoms with Gasteiger partial charge in [0.1, 0.15) is 17.3 Å². The van der Waals surface area contributed by atoms with Crippen LogP contribution in [0, 0.1) is 0 Å². The Morgan fingerprint density at radius 3 is 2.06 bits per heavy atom. The Labute approximate surface area is 111 Å². The molecule has 8 nitrogen and oxygen atoms in total. The number of carbonyl (C=O) groups is 3. The number of carbonyl (C=O) groups excluding carboxylic acids is 1. The SMILES string of the molecule is NCC(=O)C(SSC[C@H](N)C(=O)O)[C@H](N)C(=O)O. The number of aliphatic carboxylic acids is 2. The number of rotatable bonds is 9. The molecular formula is C8H15N3O5S2. The second-order valence-corrected chi connectivity index (χ2v) is 5.83. The quantitative estimate of drug-likeness (QED) is 0.302. The van der Waals surface area contributed by atoms with Gasteiger partial charge in [0.25, 0.3) is 0 Å². The van der Waals surface area contributed by atoms with Gasteiger partial charge in [0.15, 0.2) is 5.78 Å². The zero-order valence-corrected chi connectivity index (χ0v) is 10.9. The Morgan fingerprint density at radius 1 is 1.11 bits per heavy atom. The summed E-state index contributed by atoms with van der Waals surface area (Å²) in [5, 5.41) is 16.3. The van der Waals surface area contributed by atoms with E-state index in [-0.39, 0.29) is 12.3 Å². The number of ketones is 1. The number of nitrogens with two attached hydrogens (primary N) is 3. The molecule has 0 saturated heterocycles. The van der Waals surface area contributed by atoms with Crippen molar-refractivity contribution in [2.24, 2.45) is 17.2 Å². The Bertz CT molecular complexity index is 328. The number of hydrogen-bond acceptors (Lipinski definition) is 8. The molecule has 0 fully saturated rings. The molecule has 0 amide bonds. The highest BCUT2D eigenvalue weighted by Gasteiger charge is 2.31. The van der Waals surface area contributed by atoms with Gasteiger partial charge in [-0.2, -0.15) is 0 Å². The summed E-state index contributed by atoms with van der Waals surface area (Å²) < 4.78 is 0. The van der Waals surface area contributed by atoms with Crippen LogP contribution in [0.25, 0.3) is 0 Å². The molecule has 0 aliphatic heterocycles. The summed E-state index contributed by atoms with van der Waals surface area (Å²) in [7, 11) is 1.85. The van der Waals surface area contributed by atoms with Crippen molar-refractivity contribution < 1.29 is 24.6 Å². The van der Waals surface area contributed by atoms with Crippen LogP contribution in [-0.2, 0) is 14.4 Å². The molecule has 0 aliphatic carbocycles. The van der Waals surface area contributed by atoms with Gasteiger partial charge >= 0.3 is 11.9 Å². The molecule has 3 atom stereocenters. The summed E-state index contributed by atoms with van der Waals surface area (Å²) in [6.07, 6.45) is 0. The van der Waals surface area contributed by atoms with E-state index in [1.165, 1.54) is 0 Å². The van der Waals surface area contributed by atoms with Gasteiger partial charge in [-0.25, -0.2) is 0 Å². The average molecular weight is 297 g/mol.